The van der Waals surface area contributed by atoms with Crippen LogP contribution in [0.2, 0.25) is 0 Å². The first-order chi connectivity index (χ1) is 9.67. The lowest BCUT2D eigenvalue weighted by Gasteiger charge is -2.36. The Balaban J connectivity index is 1.91. The maximum absolute atomic E-state index is 12.3. The second kappa shape index (κ2) is 6.89. The highest BCUT2D eigenvalue weighted by Gasteiger charge is 2.31. The van der Waals surface area contributed by atoms with Gasteiger partial charge in [-0.25, -0.2) is 0 Å². The molecule has 1 unspecified atom stereocenters. The van der Waals surface area contributed by atoms with Crippen LogP contribution < -0.4 is 11.1 Å². The van der Waals surface area contributed by atoms with Crippen LogP contribution in [-0.4, -0.2) is 19.0 Å². The van der Waals surface area contributed by atoms with Crippen molar-refractivity contribution in [3.63, 3.8) is 0 Å². The highest BCUT2D eigenvalue weighted by atomic mass is 16.1. The van der Waals surface area contributed by atoms with Crippen molar-refractivity contribution in [1.29, 1.82) is 0 Å². The Hall–Kier alpha value is -1.35. The smallest absolute Gasteiger partial charge is 0.227 e. The molecule has 1 aromatic rings. The molecule has 1 aromatic carbocycles. The van der Waals surface area contributed by atoms with Crippen LogP contribution in [-0.2, 0) is 4.79 Å². The molecule has 0 bridgehead atoms. The summed E-state index contributed by atoms with van der Waals surface area (Å²) in [6, 6.07) is 9.93. The van der Waals surface area contributed by atoms with E-state index in [1.165, 1.54) is 19.3 Å². The second-order valence-electron chi connectivity index (χ2n) is 6.11. The number of hydrogen-bond acceptors (Lipinski definition) is 2. The summed E-state index contributed by atoms with van der Waals surface area (Å²) in [7, 11) is 0. The molecule has 0 heterocycles. The van der Waals surface area contributed by atoms with Gasteiger partial charge in [-0.05, 0) is 37.3 Å². The lowest BCUT2D eigenvalue weighted by atomic mass is 9.74. The van der Waals surface area contributed by atoms with Crippen molar-refractivity contribution < 1.29 is 4.79 Å². The van der Waals surface area contributed by atoms with E-state index in [2.05, 4.69) is 5.32 Å². The van der Waals surface area contributed by atoms with Gasteiger partial charge in [-0.1, -0.05) is 49.6 Å². The number of amides is 1. The molecule has 20 heavy (non-hydrogen) atoms. The quantitative estimate of drug-likeness (QED) is 0.867. The molecule has 0 spiro atoms. The van der Waals surface area contributed by atoms with Gasteiger partial charge in [0.25, 0.3) is 0 Å². The molecule has 1 aliphatic carbocycles. The highest BCUT2D eigenvalue weighted by Crippen LogP contribution is 2.34. The van der Waals surface area contributed by atoms with Gasteiger partial charge in [0.1, 0.15) is 0 Å². The van der Waals surface area contributed by atoms with Crippen molar-refractivity contribution in [2.45, 2.75) is 44.9 Å². The number of benzene rings is 1. The van der Waals surface area contributed by atoms with Crippen LogP contribution in [0.3, 0.4) is 0 Å². The fourth-order valence-corrected chi connectivity index (χ4v) is 3.08. The molecule has 0 aromatic heterocycles. The van der Waals surface area contributed by atoms with Crippen molar-refractivity contribution in [2.24, 2.45) is 11.1 Å². The van der Waals surface area contributed by atoms with Gasteiger partial charge in [0.15, 0.2) is 0 Å². The molecule has 3 heteroatoms. The fraction of sp³-hybridized carbons (Fsp3) is 0.588. The molecule has 110 valence electrons. The zero-order valence-electron chi connectivity index (χ0n) is 12.4. The van der Waals surface area contributed by atoms with Crippen molar-refractivity contribution in [3.05, 3.63) is 35.9 Å². The number of carbonyl (C=O) groups is 1. The number of rotatable bonds is 5. The first-order valence-electron chi connectivity index (χ1n) is 7.70. The van der Waals surface area contributed by atoms with Crippen LogP contribution in [0.1, 0.15) is 50.5 Å². The Bertz CT molecular complexity index is 424. The number of hydrogen-bond donors (Lipinski definition) is 2. The van der Waals surface area contributed by atoms with E-state index in [-0.39, 0.29) is 17.2 Å². The minimum atomic E-state index is -0.102. The molecule has 3 nitrogen and oxygen atoms in total. The van der Waals surface area contributed by atoms with E-state index in [1.54, 1.807) is 0 Å². The molecule has 0 radical (unpaired) electrons. The van der Waals surface area contributed by atoms with Gasteiger partial charge in [-0.15, -0.1) is 0 Å². The summed E-state index contributed by atoms with van der Waals surface area (Å²) < 4.78 is 0. The molecule has 3 N–H and O–H groups in total. The molecule has 1 fully saturated rings. The first-order valence-corrected chi connectivity index (χ1v) is 7.70. The predicted octanol–water partition coefficient (Wildman–Crippen LogP) is 2.82. The Morgan fingerprint density at radius 3 is 2.50 bits per heavy atom. The average Bonchev–Trinajstić information content (AvgIpc) is 2.53. The fourth-order valence-electron chi connectivity index (χ4n) is 3.08. The molecule has 0 saturated heterocycles. The maximum atomic E-state index is 12.3. The summed E-state index contributed by atoms with van der Waals surface area (Å²) in [6.07, 6.45) is 6.06. The molecule has 0 aliphatic heterocycles. The largest absolute Gasteiger partial charge is 0.355 e. The summed E-state index contributed by atoms with van der Waals surface area (Å²) in [5, 5.41) is 3.12. The van der Waals surface area contributed by atoms with E-state index >= 15 is 0 Å². The molecule has 1 aliphatic rings. The lowest BCUT2D eigenvalue weighted by molar-refractivity contribution is -0.122. The van der Waals surface area contributed by atoms with Crippen LogP contribution >= 0.6 is 0 Å². The van der Waals surface area contributed by atoms with Gasteiger partial charge in [-0.3, -0.25) is 4.79 Å². The minimum Gasteiger partial charge on any atom is -0.355 e. The molecular formula is C17H26N2O. The summed E-state index contributed by atoms with van der Waals surface area (Å²) in [4.78, 5) is 12.3. The number of carbonyl (C=O) groups excluding carboxylic acids is 1. The van der Waals surface area contributed by atoms with Gasteiger partial charge in [0.05, 0.1) is 5.92 Å². The third-order valence-corrected chi connectivity index (χ3v) is 4.68. The Kier molecular flexibility index (Phi) is 5.18. The topological polar surface area (TPSA) is 55.1 Å². The Morgan fingerprint density at radius 2 is 1.90 bits per heavy atom. The highest BCUT2D eigenvalue weighted by molar-refractivity contribution is 5.83. The molecule has 2 rings (SSSR count). The maximum Gasteiger partial charge on any atom is 0.227 e. The third kappa shape index (κ3) is 3.60. The molecule has 1 saturated carbocycles. The van der Waals surface area contributed by atoms with E-state index in [4.69, 9.17) is 5.73 Å². The summed E-state index contributed by atoms with van der Waals surface area (Å²) >= 11 is 0. The summed E-state index contributed by atoms with van der Waals surface area (Å²) in [6.45, 7) is 3.35. The second-order valence-corrected chi connectivity index (χ2v) is 6.11. The summed E-state index contributed by atoms with van der Waals surface area (Å²) in [5.74, 6) is 0.00390. The van der Waals surface area contributed by atoms with Crippen molar-refractivity contribution in [2.75, 3.05) is 13.1 Å². The third-order valence-electron chi connectivity index (χ3n) is 4.68. The molecule has 1 amide bonds. The number of nitrogens with one attached hydrogen (secondary N) is 1. The van der Waals surface area contributed by atoms with Crippen molar-refractivity contribution in [1.82, 2.24) is 5.32 Å². The zero-order chi connectivity index (χ0) is 14.4. The monoisotopic (exact) mass is 274 g/mol. The normalized spacial score (nSPS) is 19.3. The van der Waals surface area contributed by atoms with E-state index in [9.17, 15) is 4.79 Å². The van der Waals surface area contributed by atoms with E-state index in [0.717, 1.165) is 24.9 Å². The standard InChI is InChI=1S/C17H26N2O/c1-14(15-8-4-2-5-9-15)16(20)19-13-17(12-18)10-6-3-7-11-17/h2,4-5,8-9,14H,3,6-7,10-13,18H2,1H3,(H,19,20). The van der Waals surface area contributed by atoms with E-state index < -0.39 is 0 Å². The Labute approximate surface area is 121 Å². The average molecular weight is 274 g/mol. The van der Waals surface area contributed by atoms with Gasteiger partial charge in [-0.2, -0.15) is 0 Å². The summed E-state index contributed by atoms with van der Waals surface area (Å²) in [5.41, 5.74) is 7.15. The molecule has 1 atom stereocenters. The lowest BCUT2D eigenvalue weighted by Crippen LogP contribution is -2.44. The van der Waals surface area contributed by atoms with E-state index in [1.807, 2.05) is 37.3 Å². The van der Waals surface area contributed by atoms with Crippen LogP contribution in [0.25, 0.3) is 0 Å². The van der Waals surface area contributed by atoms with Crippen molar-refractivity contribution in [3.8, 4) is 0 Å². The SMILES string of the molecule is CC(C(=O)NCC1(CN)CCCCC1)c1ccccc1. The van der Waals surface area contributed by atoms with E-state index in [0.29, 0.717) is 6.54 Å². The Morgan fingerprint density at radius 1 is 1.25 bits per heavy atom. The van der Waals surface area contributed by atoms with Gasteiger partial charge < -0.3 is 11.1 Å². The van der Waals surface area contributed by atoms with Gasteiger partial charge in [0.2, 0.25) is 5.91 Å². The predicted molar refractivity (Wildman–Crippen MR) is 82.4 cm³/mol. The van der Waals surface area contributed by atoms with Crippen molar-refractivity contribution >= 4 is 5.91 Å². The van der Waals surface area contributed by atoms with Crippen LogP contribution in [0.15, 0.2) is 30.3 Å². The van der Waals surface area contributed by atoms with Gasteiger partial charge >= 0.3 is 0 Å². The number of nitrogens with two attached hydrogens (primary N) is 1. The zero-order valence-corrected chi connectivity index (χ0v) is 12.4. The minimum absolute atomic E-state index is 0.102. The van der Waals surface area contributed by atoms with Crippen LogP contribution in [0.4, 0.5) is 0 Å². The van der Waals surface area contributed by atoms with Crippen LogP contribution in [0.5, 0.6) is 0 Å². The van der Waals surface area contributed by atoms with Gasteiger partial charge in [0, 0.05) is 6.54 Å². The first kappa shape index (κ1) is 15.0. The van der Waals surface area contributed by atoms with Crippen LogP contribution in [0, 0.1) is 5.41 Å². The molecular weight excluding hydrogens is 248 g/mol.